The fourth-order valence-electron chi connectivity index (χ4n) is 2.91. The SMILES string of the molecule is C=C=C(C)OOCCOC(=O)CCCCCOC(=O)c1cc(C(=O)OCCOOC(C)=C=C)c(C(=O)O)cc1C(=O)O. The predicted octanol–water partition coefficient (Wildman–Crippen LogP) is 3.77. The maximum atomic E-state index is 12.7. The van der Waals surface area contributed by atoms with E-state index in [1.807, 2.05) is 0 Å². The van der Waals surface area contributed by atoms with Crippen molar-refractivity contribution < 1.29 is 67.9 Å². The van der Waals surface area contributed by atoms with Gasteiger partial charge in [0.1, 0.15) is 26.4 Å². The van der Waals surface area contributed by atoms with E-state index in [4.69, 9.17) is 33.8 Å². The molecule has 2 N–H and O–H groups in total. The molecule has 0 unspecified atom stereocenters. The van der Waals surface area contributed by atoms with E-state index in [-0.39, 0.29) is 45.2 Å². The zero-order valence-electron chi connectivity index (χ0n) is 23.2. The van der Waals surface area contributed by atoms with Crippen LogP contribution in [0.15, 0.2) is 48.3 Å². The maximum Gasteiger partial charge on any atom is 0.339 e. The minimum atomic E-state index is -1.62. The van der Waals surface area contributed by atoms with Crippen LogP contribution in [-0.2, 0) is 38.6 Å². The molecule has 1 rings (SSSR count). The number of carbonyl (C=O) groups excluding carboxylic acids is 3. The molecule has 42 heavy (non-hydrogen) atoms. The lowest BCUT2D eigenvalue weighted by molar-refractivity contribution is -0.266. The third-order valence-corrected chi connectivity index (χ3v) is 5.01. The number of carbonyl (C=O) groups is 5. The first kappa shape index (κ1) is 35.2. The molecule has 0 saturated heterocycles. The van der Waals surface area contributed by atoms with Crippen molar-refractivity contribution in [3.63, 3.8) is 0 Å². The average molecular weight is 593 g/mol. The van der Waals surface area contributed by atoms with Gasteiger partial charge >= 0.3 is 29.8 Å². The van der Waals surface area contributed by atoms with Crippen LogP contribution < -0.4 is 0 Å². The molecule has 0 aliphatic heterocycles. The first-order valence-electron chi connectivity index (χ1n) is 12.5. The Balaban J connectivity index is 2.66. The van der Waals surface area contributed by atoms with Gasteiger partial charge in [0.25, 0.3) is 0 Å². The lowest BCUT2D eigenvalue weighted by Gasteiger charge is -2.12. The summed E-state index contributed by atoms with van der Waals surface area (Å²) in [5.41, 5.74) is 2.40. The van der Waals surface area contributed by atoms with E-state index in [9.17, 15) is 34.2 Å². The Morgan fingerprint density at radius 1 is 0.643 bits per heavy atom. The molecule has 0 fully saturated rings. The summed E-state index contributed by atoms with van der Waals surface area (Å²) in [4.78, 5) is 79.4. The normalized spacial score (nSPS) is 9.95. The van der Waals surface area contributed by atoms with Crippen LogP contribution in [0.3, 0.4) is 0 Å². The Kier molecular flexibility index (Phi) is 16.1. The van der Waals surface area contributed by atoms with E-state index in [1.54, 1.807) is 6.92 Å². The molecule has 0 amide bonds. The summed E-state index contributed by atoms with van der Waals surface area (Å²) in [6.07, 6.45) is 1.33. The monoisotopic (exact) mass is 592 g/mol. The first-order chi connectivity index (χ1) is 20.0. The molecule has 0 saturated carbocycles. The molecular weight excluding hydrogens is 560 g/mol. The average Bonchev–Trinajstić information content (AvgIpc) is 2.96. The number of ether oxygens (including phenoxy) is 3. The summed E-state index contributed by atoms with van der Waals surface area (Å²) in [5.74, 6) is -5.36. The maximum absolute atomic E-state index is 12.7. The molecule has 1 aromatic carbocycles. The van der Waals surface area contributed by atoms with Gasteiger partial charge in [-0.1, -0.05) is 24.6 Å². The Morgan fingerprint density at radius 2 is 1.10 bits per heavy atom. The lowest BCUT2D eigenvalue weighted by atomic mass is 9.98. The van der Waals surface area contributed by atoms with E-state index in [1.165, 1.54) is 6.92 Å². The molecule has 0 aliphatic rings. The van der Waals surface area contributed by atoms with Gasteiger partial charge in [0.15, 0.2) is 11.5 Å². The summed E-state index contributed by atoms with van der Waals surface area (Å²) in [6, 6.07) is 1.47. The van der Waals surface area contributed by atoms with Crippen molar-refractivity contribution in [1.29, 1.82) is 0 Å². The van der Waals surface area contributed by atoms with E-state index in [0.29, 0.717) is 31.1 Å². The Hall–Kier alpha value is -4.87. The van der Waals surface area contributed by atoms with Crippen LogP contribution in [-0.4, -0.2) is 73.1 Å². The van der Waals surface area contributed by atoms with Gasteiger partial charge in [-0.3, -0.25) is 4.79 Å². The van der Waals surface area contributed by atoms with Crippen LogP contribution in [0.2, 0.25) is 0 Å². The third kappa shape index (κ3) is 13.0. The topological polar surface area (TPSA) is 190 Å². The molecule has 228 valence electrons. The van der Waals surface area contributed by atoms with Gasteiger partial charge in [0.05, 0.1) is 28.9 Å². The Bertz CT molecular complexity index is 1240. The van der Waals surface area contributed by atoms with Gasteiger partial charge in [0.2, 0.25) is 0 Å². The zero-order chi connectivity index (χ0) is 31.5. The molecule has 0 spiro atoms. The Labute approximate surface area is 241 Å². The number of rotatable bonds is 20. The highest BCUT2D eigenvalue weighted by atomic mass is 17.2. The molecule has 0 aromatic heterocycles. The van der Waals surface area contributed by atoms with Crippen LogP contribution in [0.25, 0.3) is 0 Å². The standard InChI is InChI=1S/C28H32O14/c1-5-18(3)41-39-14-12-36-24(29)10-8-7-9-11-37-27(34)22-17-23(21(26(32)33)16-20(22)25(30)31)28(35)38-13-15-40-42-19(4)6-2/h16-17H,1-2,7-15H2,3-4H3,(H,30,31)(H,32,33). The van der Waals surface area contributed by atoms with Gasteiger partial charge in [-0.2, -0.15) is 9.78 Å². The van der Waals surface area contributed by atoms with Crippen LogP contribution >= 0.6 is 0 Å². The van der Waals surface area contributed by atoms with Gasteiger partial charge in [0, 0.05) is 20.3 Å². The van der Waals surface area contributed by atoms with Crippen molar-refractivity contribution in [3.05, 3.63) is 70.5 Å². The van der Waals surface area contributed by atoms with Crippen LogP contribution in [0, 0.1) is 0 Å². The number of carboxylic acids is 2. The van der Waals surface area contributed by atoms with E-state index < -0.39 is 52.1 Å². The van der Waals surface area contributed by atoms with Crippen molar-refractivity contribution in [2.45, 2.75) is 39.5 Å². The second kappa shape index (κ2) is 19.2. The molecule has 1 aromatic rings. The largest absolute Gasteiger partial charge is 0.478 e. The highest BCUT2D eigenvalue weighted by molar-refractivity contribution is 6.09. The Morgan fingerprint density at radius 3 is 1.57 bits per heavy atom. The number of hydrogen-bond acceptors (Lipinski definition) is 12. The zero-order valence-corrected chi connectivity index (χ0v) is 23.2. The summed E-state index contributed by atoms with van der Waals surface area (Å²) >= 11 is 0. The molecule has 0 heterocycles. The molecule has 0 aliphatic carbocycles. The van der Waals surface area contributed by atoms with Gasteiger partial charge in [-0.15, -0.1) is 0 Å². The minimum Gasteiger partial charge on any atom is -0.478 e. The van der Waals surface area contributed by atoms with Crippen molar-refractivity contribution >= 4 is 29.8 Å². The molecule has 0 radical (unpaired) electrons. The van der Waals surface area contributed by atoms with Gasteiger partial charge in [-0.05, 0) is 31.4 Å². The van der Waals surface area contributed by atoms with E-state index >= 15 is 0 Å². The number of allylic oxidation sites excluding steroid dienone is 2. The molecule has 0 bridgehead atoms. The van der Waals surface area contributed by atoms with Crippen molar-refractivity contribution in [2.24, 2.45) is 0 Å². The van der Waals surface area contributed by atoms with Crippen molar-refractivity contribution in [3.8, 4) is 0 Å². The minimum absolute atomic E-state index is 0.0157. The fourth-order valence-corrected chi connectivity index (χ4v) is 2.91. The number of esters is 3. The summed E-state index contributed by atoms with van der Waals surface area (Å²) < 4.78 is 15.0. The number of carboxylic acid groups (broad SMARTS) is 2. The van der Waals surface area contributed by atoms with Gasteiger partial charge < -0.3 is 34.2 Å². The molecular formula is C28H32O14. The van der Waals surface area contributed by atoms with Crippen LogP contribution in [0.5, 0.6) is 0 Å². The number of hydrogen-bond donors (Lipinski definition) is 2. The van der Waals surface area contributed by atoms with E-state index in [2.05, 4.69) is 24.6 Å². The predicted molar refractivity (Wildman–Crippen MR) is 141 cm³/mol. The van der Waals surface area contributed by atoms with Crippen molar-refractivity contribution in [1.82, 2.24) is 0 Å². The molecule has 14 nitrogen and oxygen atoms in total. The number of unbranched alkanes of at least 4 members (excludes halogenated alkanes) is 2. The molecule has 0 atom stereocenters. The fraction of sp³-hybridized carbons (Fsp3) is 0.393. The van der Waals surface area contributed by atoms with Crippen LogP contribution in [0.4, 0.5) is 0 Å². The smallest absolute Gasteiger partial charge is 0.339 e. The second-order valence-corrected chi connectivity index (χ2v) is 8.13. The summed E-state index contributed by atoms with van der Waals surface area (Å²) in [7, 11) is 0. The first-order valence-corrected chi connectivity index (χ1v) is 12.5. The van der Waals surface area contributed by atoms with Crippen molar-refractivity contribution in [2.75, 3.05) is 33.0 Å². The summed E-state index contributed by atoms with van der Waals surface area (Å²) in [6.45, 7) is 9.09. The third-order valence-electron chi connectivity index (χ3n) is 5.01. The molecule has 14 heteroatoms. The van der Waals surface area contributed by atoms with Crippen LogP contribution in [0.1, 0.15) is 81.0 Å². The highest BCUT2D eigenvalue weighted by Gasteiger charge is 2.27. The van der Waals surface area contributed by atoms with E-state index in [0.717, 1.165) is 6.07 Å². The summed E-state index contributed by atoms with van der Waals surface area (Å²) in [5, 5.41) is 19.0. The lowest BCUT2D eigenvalue weighted by Crippen LogP contribution is -2.19. The number of aromatic carboxylic acids is 2. The highest BCUT2D eigenvalue weighted by Crippen LogP contribution is 2.21. The quantitative estimate of drug-likeness (QED) is 0.0423. The van der Waals surface area contributed by atoms with Gasteiger partial charge in [-0.25, -0.2) is 19.2 Å². The second-order valence-electron chi connectivity index (χ2n) is 8.13. The number of benzene rings is 1.